The van der Waals surface area contributed by atoms with Crippen LogP contribution in [0.2, 0.25) is 0 Å². The van der Waals surface area contributed by atoms with E-state index in [0.717, 1.165) is 0 Å². The highest BCUT2D eigenvalue weighted by Gasteiger charge is 2.63. The summed E-state index contributed by atoms with van der Waals surface area (Å²) in [6.45, 7) is 0. The van der Waals surface area contributed by atoms with Gasteiger partial charge in [-0.2, -0.15) is 5.26 Å². The number of hydrogen-bond donors (Lipinski definition) is 1. The third kappa shape index (κ3) is 2.04. The molecule has 0 fully saturated rings. The highest BCUT2D eigenvalue weighted by Crippen LogP contribution is 2.55. The van der Waals surface area contributed by atoms with Gasteiger partial charge >= 0.3 is 0 Å². The van der Waals surface area contributed by atoms with Gasteiger partial charge in [0, 0.05) is 29.4 Å². The molecule has 1 aliphatic carbocycles. The first-order valence-electron chi connectivity index (χ1n) is 9.36. The van der Waals surface area contributed by atoms with Crippen LogP contribution in [-0.4, -0.2) is 31.6 Å². The number of anilines is 1. The molecule has 2 aromatic rings. The van der Waals surface area contributed by atoms with E-state index < -0.39 is 22.9 Å². The first-order valence-corrected chi connectivity index (χ1v) is 9.36. The van der Waals surface area contributed by atoms with E-state index in [2.05, 4.69) is 0 Å². The number of hydrogen-bond acceptors (Lipinski definition) is 7. The first kappa shape index (κ1) is 18.6. The average molecular weight is 413 g/mol. The SMILES string of the molecule is COc1ccc2c(c1)C(=O)C1=C(OC(N)=C(C#N)C13C(=O)N(C)c1ccccc13)C2=O. The zero-order valence-electron chi connectivity index (χ0n) is 16.6. The molecule has 8 heteroatoms. The van der Waals surface area contributed by atoms with Gasteiger partial charge in [0.1, 0.15) is 22.8 Å². The van der Waals surface area contributed by atoms with Crippen LogP contribution in [0.25, 0.3) is 0 Å². The predicted molar refractivity (Wildman–Crippen MR) is 108 cm³/mol. The van der Waals surface area contributed by atoms with E-state index in [0.29, 0.717) is 17.0 Å². The summed E-state index contributed by atoms with van der Waals surface area (Å²) in [5.41, 5.74) is 4.83. The number of nitriles is 1. The lowest BCUT2D eigenvalue weighted by molar-refractivity contribution is -0.120. The molecule has 8 nitrogen and oxygen atoms in total. The monoisotopic (exact) mass is 413 g/mol. The van der Waals surface area contributed by atoms with Crippen LogP contribution in [0.15, 0.2) is 65.3 Å². The topological polar surface area (TPSA) is 123 Å². The Hall–Kier alpha value is -4.38. The molecular weight excluding hydrogens is 398 g/mol. The lowest BCUT2D eigenvalue weighted by Crippen LogP contribution is -2.49. The van der Waals surface area contributed by atoms with Crippen molar-refractivity contribution < 1.29 is 23.9 Å². The molecular formula is C23H15N3O5. The fourth-order valence-electron chi connectivity index (χ4n) is 4.60. The molecule has 1 atom stereocenters. The average Bonchev–Trinajstić information content (AvgIpc) is 3.00. The van der Waals surface area contributed by atoms with Gasteiger partial charge in [0.25, 0.3) is 0 Å². The maximum Gasteiger partial charge on any atom is 0.247 e. The zero-order valence-corrected chi connectivity index (χ0v) is 16.6. The Balaban J connectivity index is 1.90. The second-order valence-electron chi connectivity index (χ2n) is 7.36. The fraction of sp³-hybridized carbons (Fsp3) is 0.130. The highest BCUT2D eigenvalue weighted by molar-refractivity contribution is 6.32. The van der Waals surface area contributed by atoms with E-state index in [9.17, 15) is 19.6 Å². The van der Waals surface area contributed by atoms with Crippen LogP contribution in [0, 0.1) is 11.3 Å². The van der Waals surface area contributed by atoms with Crippen LogP contribution < -0.4 is 15.4 Å². The number of nitrogens with two attached hydrogens (primary N) is 1. The van der Waals surface area contributed by atoms with Gasteiger partial charge in [0.05, 0.1) is 12.7 Å². The summed E-state index contributed by atoms with van der Waals surface area (Å²) < 4.78 is 10.7. The van der Waals surface area contributed by atoms with E-state index >= 15 is 0 Å². The smallest absolute Gasteiger partial charge is 0.247 e. The van der Waals surface area contributed by atoms with E-state index in [1.165, 1.54) is 24.1 Å². The number of fused-ring (bicyclic) bond motifs is 4. The van der Waals surface area contributed by atoms with Gasteiger partial charge in [-0.05, 0) is 24.3 Å². The molecule has 0 aromatic heterocycles. The summed E-state index contributed by atoms with van der Waals surface area (Å²) in [6.07, 6.45) is 0. The largest absolute Gasteiger partial charge is 0.497 e. The summed E-state index contributed by atoms with van der Waals surface area (Å²) in [5.74, 6) is -2.08. The number of ketones is 2. The number of rotatable bonds is 1. The molecule has 31 heavy (non-hydrogen) atoms. The highest BCUT2D eigenvalue weighted by atomic mass is 16.5. The van der Waals surface area contributed by atoms with Crippen molar-refractivity contribution in [3.05, 3.63) is 81.9 Å². The first-order chi connectivity index (χ1) is 14.9. The molecule has 2 heterocycles. The lowest BCUT2D eigenvalue weighted by Gasteiger charge is -2.37. The third-order valence-corrected chi connectivity index (χ3v) is 5.99. The number of nitrogens with zero attached hydrogens (tertiary/aromatic N) is 2. The van der Waals surface area contributed by atoms with Gasteiger partial charge in [0.2, 0.25) is 17.6 Å². The van der Waals surface area contributed by atoms with Crippen LogP contribution in [0.1, 0.15) is 26.3 Å². The summed E-state index contributed by atoms with van der Waals surface area (Å²) in [6, 6.07) is 13.2. The number of amides is 1. The van der Waals surface area contributed by atoms with Crippen molar-refractivity contribution in [2.24, 2.45) is 5.73 Å². The number of likely N-dealkylation sites (N-methyl/N-ethyl adjacent to an activating group) is 1. The van der Waals surface area contributed by atoms with Crippen LogP contribution in [0.5, 0.6) is 5.75 Å². The number of carbonyl (C=O) groups is 3. The Morgan fingerprint density at radius 2 is 1.84 bits per heavy atom. The molecule has 0 saturated heterocycles. The molecule has 152 valence electrons. The minimum atomic E-state index is -1.87. The van der Waals surface area contributed by atoms with Gasteiger partial charge in [-0.3, -0.25) is 14.4 Å². The number of benzene rings is 2. The van der Waals surface area contributed by atoms with Crippen molar-refractivity contribution >= 4 is 23.2 Å². The summed E-state index contributed by atoms with van der Waals surface area (Å²) in [5, 5.41) is 9.96. The normalized spacial score (nSPS) is 21.6. The van der Waals surface area contributed by atoms with Gasteiger partial charge < -0.3 is 20.1 Å². The number of para-hydroxylation sites is 1. The molecule has 1 spiro atoms. The molecule has 0 bridgehead atoms. The molecule has 0 radical (unpaired) electrons. The van der Waals surface area contributed by atoms with E-state index in [-0.39, 0.29) is 33.9 Å². The Morgan fingerprint density at radius 1 is 1.10 bits per heavy atom. The lowest BCUT2D eigenvalue weighted by atomic mass is 9.64. The minimum absolute atomic E-state index is 0.0728. The Labute approximate surface area is 176 Å². The van der Waals surface area contributed by atoms with Gasteiger partial charge in [-0.1, -0.05) is 18.2 Å². The standard InChI is InChI=1S/C23H15N3O5/c1-26-16-6-4-3-5-14(16)23(22(26)29)15(10-24)21(25)31-20-17(23)18(27)13-9-11(30-2)7-8-12(13)19(20)28/h3-9H,25H2,1-2H3. The molecule has 3 aliphatic rings. The minimum Gasteiger partial charge on any atom is -0.497 e. The third-order valence-electron chi connectivity index (χ3n) is 5.99. The second-order valence-corrected chi connectivity index (χ2v) is 7.36. The number of allylic oxidation sites excluding steroid dienone is 1. The quantitative estimate of drug-likeness (QED) is 0.758. The zero-order chi connectivity index (χ0) is 22.1. The van der Waals surface area contributed by atoms with Gasteiger partial charge in [-0.15, -0.1) is 0 Å². The molecule has 5 rings (SSSR count). The Kier molecular flexibility index (Phi) is 3.64. The number of methoxy groups -OCH3 is 1. The summed E-state index contributed by atoms with van der Waals surface area (Å²) >= 11 is 0. The maximum absolute atomic E-state index is 13.8. The van der Waals surface area contributed by atoms with Gasteiger partial charge in [-0.25, -0.2) is 0 Å². The van der Waals surface area contributed by atoms with Crippen LogP contribution in [0.3, 0.4) is 0 Å². The Bertz CT molecular complexity index is 1350. The van der Waals surface area contributed by atoms with E-state index in [4.69, 9.17) is 15.2 Å². The predicted octanol–water partition coefficient (Wildman–Crippen LogP) is 1.97. The van der Waals surface area contributed by atoms with Crippen LogP contribution in [0.4, 0.5) is 5.69 Å². The number of carbonyl (C=O) groups excluding carboxylic acids is 3. The molecule has 1 amide bonds. The molecule has 0 saturated carbocycles. The van der Waals surface area contributed by atoms with E-state index in [1.807, 2.05) is 6.07 Å². The number of Topliss-reactive ketones (excluding diaryl/α,β-unsaturated/α-hetero) is 2. The van der Waals surface area contributed by atoms with Crippen molar-refractivity contribution in [1.82, 2.24) is 0 Å². The summed E-state index contributed by atoms with van der Waals surface area (Å²) in [4.78, 5) is 42.1. The van der Waals surface area contributed by atoms with Gasteiger partial charge in [0.15, 0.2) is 11.5 Å². The van der Waals surface area contributed by atoms with E-state index in [1.54, 1.807) is 37.4 Å². The molecule has 2 aliphatic heterocycles. The van der Waals surface area contributed by atoms with Crippen molar-refractivity contribution in [3.8, 4) is 11.8 Å². The van der Waals surface area contributed by atoms with Crippen LogP contribution in [-0.2, 0) is 14.9 Å². The van der Waals surface area contributed by atoms with Crippen molar-refractivity contribution in [1.29, 1.82) is 5.26 Å². The Morgan fingerprint density at radius 3 is 2.55 bits per heavy atom. The van der Waals surface area contributed by atoms with Crippen LogP contribution >= 0.6 is 0 Å². The molecule has 1 unspecified atom stereocenters. The summed E-state index contributed by atoms with van der Waals surface area (Å²) in [7, 11) is 2.98. The molecule has 2 aromatic carbocycles. The van der Waals surface area contributed by atoms with Crippen molar-refractivity contribution in [2.75, 3.05) is 19.1 Å². The number of ether oxygens (including phenoxy) is 2. The van der Waals surface area contributed by atoms with Crippen molar-refractivity contribution in [3.63, 3.8) is 0 Å². The fourth-order valence-corrected chi connectivity index (χ4v) is 4.60. The second kappa shape index (κ2) is 6.06. The van der Waals surface area contributed by atoms with Crippen molar-refractivity contribution in [2.45, 2.75) is 5.41 Å². The maximum atomic E-state index is 13.8. The molecule has 2 N–H and O–H groups in total.